The lowest BCUT2D eigenvalue weighted by atomic mass is 10.0. The summed E-state index contributed by atoms with van der Waals surface area (Å²) in [7, 11) is 0. The van der Waals surface area contributed by atoms with Gasteiger partial charge in [0, 0.05) is 6.54 Å². The standard InChI is InChI=1S/C10H13Cl2N3O/c1-10(2-3-13-5-10)15-9(16)7-4-6(11)8(12)14-7/h4,13-14H,2-3,5H2,1H3,(H,15,16). The molecule has 1 amide bonds. The number of aromatic nitrogens is 1. The number of hydrogen-bond donors (Lipinski definition) is 3. The highest BCUT2D eigenvalue weighted by molar-refractivity contribution is 6.41. The molecule has 0 aromatic carbocycles. The fraction of sp³-hybridized carbons (Fsp3) is 0.500. The summed E-state index contributed by atoms with van der Waals surface area (Å²) in [5.74, 6) is -0.181. The SMILES string of the molecule is CC1(NC(=O)c2cc(Cl)c(Cl)[nH]2)CCNC1. The first-order chi connectivity index (χ1) is 7.50. The Morgan fingerprint density at radius 2 is 2.31 bits per heavy atom. The van der Waals surface area contributed by atoms with Crippen LogP contribution in [0.2, 0.25) is 10.2 Å². The Morgan fingerprint density at radius 3 is 2.81 bits per heavy atom. The minimum atomic E-state index is -0.193. The van der Waals surface area contributed by atoms with Crippen molar-refractivity contribution in [3.8, 4) is 0 Å². The molecule has 6 heteroatoms. The van der Waals surface area contributed by atoms with Crippen LogP contribution in [0.3, 0.4) is 0 Å². The Morgan fingerprint density at radius 1 is 1.56 bits per heavy atom. The van der Waals surface area contributed by atoms with Crippen LogP contribution in [-0.2, 0) is 0 Å². The van der Waals surface area contributed by atoms with E-state index in [1.54, 1.807) is 0 Å². The summed E-state index contributed by atoms with van der Waals surface area (Å²) in [5, 5.41) is 6.83. The molecule has 0 radical (unpaired) electrons. The quantitative estimate of drug-likeness (QED) is 0.761. The zero-order valence-corrected chi connectivity index (χ0v) is 10.4. The van der Waals surface area contributed by atoms with Gasteiger partial charge in [0.2, 0.25) is 0 Å². The van der Waals surface area contributed by atoms with E-state index in [4.69, 9.17) is 23.2 Å². The molecule has 88 valence electrons. The Hall–Kier alpha value is -0.710. The Kier molecular flexibility index (Phi) is 3.15. The summed E-state index contributed by atoms with van der Waals surface area (Å²) in [6.07, 6.45) is 0.918. The Bertz CT molecular complexity index is 391. The third-order valence-electron chi connectivity index (χ3n) is 2.75. The molecule has 3 N–H and O–H groups in total. The van der Waals surface area contributed by atoms with Gasteiger partial charge in [0.05, 0.1) is 10.6 Å². The molecule has 1 saturated heterocycles. The summed E-state index contributed by atoms with van der Waals surface area (Å²) >= 11 is 11.5. The minimum Gasteiger partial charge on any atom is -0.344 e. The smallest absolute Gasteiger partial charge is 0.268 e. The average molecular weight is 262 g/mol. The summed E-state index contributed by atoms with van der Waals surface area (Å²) < 4.78 is 0. The van der Waals surface area contributed by atoms with Crippen molar-refractivity contribution < 1.29 is 4.79 Å². The highest BCUT2D eigenvalue weighted by Crippen LogP contribution is 2.22. The molecule has 1 aliphatic rings. The third kappa shape index (κ3) is 2.34. The molecule has 4 nitrogen and oxygen atoms in total. The zero-order valence-electron chi connectivity index (χ0n) is 8.86. The van der Waals surface area contributed by atoms with Crippen molar-refractivity contribution in [2.75, 3.05) is 13.1 Å². The number of nitrogens with one attached hydrogen (secondary N) is 3. The van der Waals surface area contributed by atoms with Crippen LogP contribution in [0.5, 0.6) is 0 Å². The third-order valence-corrected chi connectivity index (χ3v) is 3.45. The molecule has 0 saturated carbocycles. The first kappa shape index (κ1) is 11.8. The van der Waals surface area contributed by atoms with Crippen LogP contribution in [0.4, 0.5) is 0 Å². The van der Waals surface area contributed by atoms with E-state index in [2.05, 4.69) is 15.6 Å². The first-order valence-corrected chi connectivity index (χ1v) is 5.83. The molecular weight excluding hydrogens is 249 g/mol. The van der Waals surface area contributed by atoms with Crippen LogP contribution >= 0.6 is 23.2 Å². The van der Waals surface area contributed by atoms with Gasteiger partial charge in [-0.25, -0.2) is 0 Å². The van der Waals surface area contributed by atoms with Gasteiger partial charge in [-0.05, 0) is 26.0 Å². The van der Waals surface area contributed by atoms with Gasteiger partial charge in [-0.15, -0.1) is 0 Å². The van der Waals surface area contributed by atoms with Gasteiger partial charge in [-0.3, -0.25) is 4.79 Å². The number of amides is 1. The van der Waals surface area contributed by atoms with Crippen molar-refractivity contribution in [2.45, 2.75) is 18.9 Å². The Labute approximate surface area is 104 Å². The predicted molar refractivity (Wildman–Crippen MR) is 64.2 cm³/mol. The van der Waals surface area contributed by atoms with Crippen LogP contribution < -0.4 is 10.6 Å². The van der Waals surface area contributed by atoms with E-state index in [1.807, 2.05) is 6.92 Å². The van der Waals surface area contributed by atoms with Gasteiger partial charge >= 0.3 is 0 Å². The fourth-order valence-electron chi connectivity index (χ4n) is 1.79. The topological polar surface area (TPSA) is 56.9 Å². The van der Waals surface area contributed by atoms with Gasteiger partial charge < -0.3 is 15.6 Å². The summed E-state index contributed by atoms with van der Waals surface area (Å²) in [6.45, 7) is 3.71. The molecule has 1 aromatic heterocycles. The van der Waals surface area contributed by atoms with Crippen molar-refractivity contribution >= 4 is 29.1 Å². The normalized spacial score (nSPS) is 24.7. The molecular formula is C10H13Cl2N3O. The van der Waals surface area contributed by atoms with Gasteiger partial charge in [-0.1, -0.05) is 23.2 Å². The lowest BCUT2D eigenvalue weighted by molar-refractivity contribution is 0.0908. The van der Waals surface area contributed by atoms with Crippen LogP contribution in [0.25, 0.3) is 0 Å². The molecule has 0 bridgehead atoms. The molecule has 0 aliphatic carbocycles. The Balaban J connectivity index is 2.08. The number of H-pyrrole nitrogens is 1. The second kappa shape index (κ2) is 4.28. The van der Waals surface area contributed by atoms with Crippen LogP contribution in [0.15, 0.2) is 6.07 Å². The molecule has 1 unspecified atom stereocenters. The van der Waals surface area contributed by atoms with E-state index >= 15 is 0 Å². The van der Waals surface area contributed by atoms with Crippen molar-refractivity contribution in [2.24, 2.45) is 0 Å². The minimum absolute atomic E-state index is 0.181. The molecule has 2 rings (SSSR count). The van der Waals surface area contributed by atoms with Gasteiger partial charge in [0.1, 0.15) is 10.8 Å². The zero-order chi connectivity index (χ0) is 11.8. The lowest BCUT2D eigenvalue weighted by Gasteiger charge is -2.23. The van der Waals surface area contributed by atoms with E-state index in [9.17, 15) is 4.79 Å². The van der Waals surface area contributed by atoms with Crippen molar-refractivity contribution in [3.05, 3.63) is 21.9 Å². The lowest BCUT2D eigenvalue weighted by Crippen LogP contribution is -2.47. The van der Waals surface area contributed by atoms with Crippen LogP contribution in [0, 0.1) is 0 Å². The summed E-state index contributed by atoms with van der Waals surface area (Å²) in [6, 6.07) is 1.53. The monoisotopic (exact) mass is 261 g/mol. The number of aromatic amines is 1. The maximum absolute atomic E-state index is 11.9. The molecule has 16 heavy (non-hydrogen) atoms. The highest BCUT2D eigenvalue weighted by Gasteiger charge is 2.30. The summed E-state index contributed by atoms with van der Waals surface area (Å²) in [4.78, 5) is 14.6. The first-order valence-electron chi connectivity index (χ1n) is 5.07. The molecule has 0 spiro atoms. The molecule has 1 aliphatic heterocycles. The molecule has 1 atom stereocenters. The summed E-state index contributed by atoms with van der Waals surface area (Å²) in [5.41, 5.74) is 0.198. The number of carbonyl (C=O) groups excluding carboxylic acids is 1. The number of carbonyl (C=O) groups is 1. The van der Waals surface area contributed by atoms with Crippen LogP contribution in [-0.4, -0.2) is 29.5 Å². The van der Waals surface area contributed by atoms with E-state index < -0.39 is 0 Å². The van der Waals surface area contributed by atoms with E-state index in [-0.39, 0.29) is 11.4 Å². The fourth-order valence-corrected chi connectivity index (χ4v) is 2.10. The van der Waals surface area contributed by atoms with Crippen molar-refractivity contribution in [3.63, 3.8) is 0 Å². The number of rotatable bonds is 2. The largest absolute Gasteiger partial charge is 0.344 e. The number of halogens is 2. The highest BCUT2D eigenvalue weighted by atomic mass is 35.5. The molecule has 1 aromatic rings. The van der Waals surface area contributed by atoms with E-state index in [0.29, 0.717) is 15.9 Å². The average Bonchev–Trinajstić information content (AvgIpc) is 2.75. The van der Waals surface area contributed by atoms with Gasteiger partial charge in [0.25, 0.3) is 5.91 Å². The second-order valence-corrected chi connectivity index (χ2v) is 5.07. The maximum atomic E-state index is 11.9. The molecule has 2 heterocycles. The van der Waals surface area contributed by atoms with Crippen LogP contribution in [0.1, 0.15) is 23.8 Å². The van der Waals surface area contributed by atoms with Gasteiger partial charge in [-0.2, -0.15) is 0 Å². The molecule has 1 fully saturated rings. The number of hydrogen-bond acceptors (Lipinski definition) is 2. The van der Waals surface area contributed by atoms with Gasteiger partial charge in [0.15, 0.2) is 0 Å². The maximum Gasteiger partial charge on any atom is 0.268 e. The van der Waals surface area contributed by atoms with Crippen molar-refractivity contribution in [1.82, 2.24) is 15.6 Å². The van der Waals surface area contributed by atoms with Crippen molar-refractivity contribution in [1.29, 1.82) is 0 Å². The van der Waals surface area contributed by atoms with E-state index in [0.717, 1.165) is 19.5 Å². The predicted octanol–water partition coefficient (Wildman–Crippen LogP) is 1.80. The van der Waals surface area contributed by atoms with E-state index in [1.165, 1.54) is 6.07 Å². The second-order valence-electron chi connectivity index (χ2n) is 4.29.